The molecule has 0 heterocycles. The van der Waals surface area contributed by atoms with Crippen molar-refractivity contribution in [2.24, 2.45) is 0 Å². The minimum atomic E-state index is -0.617. The van der Waals surface area contributed by atoms with Crippen LogP contribution in [-0.4, -0.2) is 26.4 Å². The van der Waals surface area contributed by atoms with Gasteiger partial charge in [-0.1, -0.05) is 24.3 Å². The van der Waals surface area contributed by atoms with E-state index in [0.29, 0.717) is 11.4 Å². The van der Waals surface area contributed by atoms with Gasteiger partial charge < -0.3 is 9.47 Å². The Bertz CT molecular complexity index is 598. The van der Waals surface area contributed by atoms with E-state index in [2.05, 4.69) is 20.1 Å². The molecule has 20 heavy (non-hydrogen) atoms. The Morgan fingerprint density at radius 2 is 1.25 bits per heavy atom. The summed E-state index contributed by atoms with van der Waals surface area (Å²) in [6.45, 7) is 0. The number of hydrogen-bond donors (Lipinski definition) is 2. The Labute approximate surface area is 115 Å². The van der Waals surface area contributed by atoms with Gasteiger partial charge in [0.25, 0.3) is 0 Å². The highest BCUT2D eigenvalue weighted by molar-refractivity contribution is 6.01. The van der Waals surface area contributed by atoms with Crippen molar-refractivity contribution in [3.8, 4) is 0 Å². The van der Waals surface area contributed by atoms with Gasteiger partial charge in [0, 0.05) is 0 Å². The summed E-state index contributed by atoms with van der Waals surface area (Å²) in [6.07, 6.45) is -1.23. The summed E-state index contributed by atoms with van der Waals surface area (Å²) in [5, 5.41) is 6.95. The molecular formula is C14H14N2O4. The van der Waals surface area contributed by atoms with Crippen LogP contribution in [0.5, 0.6) is 0 Å². The van der Waals surface area contributed by atoms with E-state index in [1.54, 1.807) is 12.1 Å². The van der Waals surface area contributed by atoms with Crippen LogP contribution < -0.4 is 10.6 Å². The number of fused-ring (bicyclic) bond motifs is 1. The van der Waals surface area contributed by atoms with Crippen LogP contribution in [0.3, 0.4) is 0 Å². The first-order chi connectivity index (χ1) is 9.63. The first-order valence-electron chi connectivity index (χ1n) is 5.87. The summed E-state index contributed by atoms with van der Waals surface area (Å²) >= 11 is 0. The zero-order valence-corrected chi connectivity index (χ0v) is 11.1. The lowest BCUT2D eigenvalue weighted by atomic mass is 10.1. The van der Waals surface area contributed by atoms with Crippen molar-refractivity contribution >= 4 is 34.3 Å². The number of carbonyl (C=O) groups excluding carboxylic acids is 2. The van der Waals surface area contributed by atoms with Crippen LogP contribution in [0.25, 0.3) is 10.8 Å². The van der Waals surface area contributed by atoms with Gasteiger partial charge in [0.2, 0.25) is 0 Å². The molecule has 0 spiro atoms. The molecule has 0 aliphatic heterocycles. The molecule has 0 fully saturated rings. The van der Waals surface area contributed by atoms with Gasteiger partial charge in [0.1, 0.15) is 0 Å². The van der Waals surface area contributed by atoms with E-state index in [9.17, 15) is 9.59 Å². The third-order valence-corrected chi connectivity index (χ3v) is 2.73. The smallest absolute Gasteiger partial charge is 0.411 e. The first kappa shape index (κ1) is 13.7. The van der Waals surface area contributed by atoms with Crippen molar-refractivity contribution in [2.75, 3.05) is 24.9 Å². The second-order valence-electron chi connectivity index (χ2n) is 3.98. The Balaban J connectivity index is 2.46. The topological polar surface area (TPSA) is 76.7 Å². The molecule has 2 aromatic carbocycles. The average molecular weight is 274 g/mol. The van der Waals surface area contributed by atoms with Gasteiger partial charge >= 0.3 is 12.2 Å². The van der Waals surface area contributed by atoms with Gasteiger partial charge in [-0.15, -0.1) is 0 Å². The Hall–Kier alpha value is -2.76. The molecule has 0 aliphatic rings. The highest BCUT2D eigenvalue weighted by atomic mass is 16.5. The van der Waals surface area contributed by atoms with E-state index < -0.39 is 12.2 Å². The van der Waals surface area contributed by atoms with Crippen molar-refractivity contribution in [1.82, 2.24) is 0 Å². The molecule has 6 nitrogen and oxygen atoms in total. The van der Waals surface area contributed by atoms with Crippen molar-refractivity contribution in [3.05, 3.63) is 36.4 Å². The number of nitrogens with one attached hydrogen (secondary N) is 2. The van der Waals surface area contributed by atoms with Gasteiger partial charge in [-0.05, 0) is 22.9 Å². The summed E-state index contributed by atoms with van der Waals surface area (Å²) in [5.41, 5.74) is 0.863. The van der Waals surface area contributed by atoms with Crippen LogP contribution in [0, 0.1) is 0 Å². The molecule has 0 aromatic heterocycles. The van der Waals surface area contributed by atoms with Gasteiger partial charge in [0.15, 0.2) is 0 Å². The van der Waals surface area contributed by atoms with Crippen LogP contribution in [0.4, 0.5) is 21.0 Å². The van der Waals surface area contributed by atoms with E-state index in [0.717, 1.165) is 10.8 Å². The lowest BCUT2D eigenvalue weighted by Crippen LogP contribution is -2.16. The fourth-order valence-electron chi connectivity index (χ4n) is 1.77. The molecule has 2 rings (SSSR count). The van der Waals surface area contributed by atoms with Gasteiger partial charge in [-0.25, -0.2) is 9.59 Å². The number of benzene rings is 2. The lowest BCUT2D eigenvalue weighted by Gasteiger charge is -2.12. The predicted molar refractivity (Wildman–Crippen MR) is 76.0 cm³/mol. The van der Waals surface area contributed by atoms with E-state index in [1.165, 1.54) is 14.2 Å². The van der Waals surface area contributed by atoms with Crippen LogP contribution in [0.2, 0.25) is 0 Å². The molecule has 2 amide bonds. The highest BCUT2D eigenvalue weighted by Gasteiger charge is 2.11. The monoisotopic (exact) mass is 274 g/mol. The molecule has 2 N–H and O–H groups in total. The number of ether oxygens (including phenoxy) is 2. The highest BCUT2D eigenvalue weighted by Crippen LogP contribution is 2.28. The molecule has 0 saturated carbocycles. The molecule has 6 heteroatoms. The standard InChI is InChI=1S/C14H14N2O4/c1-19-13(17)15-11-7-9-5-3-4-6-10(9)8-12(11)16-14(18)20-2/h3-8H,1-2H3,(H,15,17)(H,16,18). The molecule has 0 saturated heterocycles. The number of hydrogen-bond acceptors (Lipinski definition) is 4. The third-order valence-electron chi connectivity index (χ3n) is 2.73. The normalized spacial score (nSPS) is 9.90. The van der Waals surface area contributed by atoms with Gasteiger partial charge in [-0.2, -0.15) is 0 Å². The first-order valence-corrected chi connectivity index (χ1v) is 5.87. The van der Waals surface area contributed by atoms with Crippen molar-refractivity contribution < 1.29 is 19.1 Å². The maximum Gasteiger partial charge on any atom is 0.411 e. The molecule has 2 aromatic rings. The van der Waals surface area contributed by atoms with Crippen molar-refractivity contribution in [2.45, 2.75) is 0 Å². The van der Waals surface area contributed by atoms with Crippen LogP contribution in [0.15, 0.2) is 36.4 Å². The van der Waals surface area contributed by atoms with Crippen LogP contribution in [0.1, 0.15) is 0 Å². The minimum absolute atomic E-state index is 0.431. The quantitative estimate of drug-likeness (QED) is 0.881. The van der Waals surface area contributed by atoms with Gasteiger partial charge in [-0.3, -0.25) is 10.6 Å². The molecular weight excluding hydrogens is 260 g/mol. The largest absolute Gasteiger partial charge is 0.453 e. The number of amides is 2. The molecule has 0 aliphatic carbocycles. The third kappa shape index (κ3) is 2.97. The maximum absolute atomic E-state index is 11.3. The summed E-state index contributed by atoms with van der Waals surface area (Å²) in [4.78, 5) is 22.7. The van der Waals surface area contributed by atoms with Gasteiger partial charge in [0.05, 0.1) is 25.6 Å². The minimum Gasteiger partial charge on any atom is -0.453 e. The van der Waals surface area contributed by atoms with E-state index in [1.807, 2.05) is 24.3 Å². The number of anilines is 2. The number of carbonyl (C=O) groups is 2. The Kier molecular flexibility index (Phi) is 4.05. The van der Waals surface area contributed by atoms with E-state index >= 15 is 0 Å². The Morgan fingerprint density at radius 1 is 0.850 bits per heavy atom. The summed E-state index contributed by atoms with van der Waals surface area (Å²) in [5.74, 6) is 0. The van der Waals surface area contributed by atoms with E-state index in [-0.39, 0.29) is 0 Å². The predicted octanol–water partition coefficient (Wildman–Crippen LogP) is 3.20. The second kappa shape index (κ2) is 5.92. The number of methoxy groups -OCH3 is 2. The maximum atomic E-state index is 11.3. The van der Waals surface area contributed by atoms with Crippen molar-refractivity contribution in [3.63, 3.8) is 0 Å². The zero-order chi connectivity index (χ0) is 14.5. The number of rotatable bonds is 2. The SMILES string of the molecule is COC(=O)Nc1cc2ccccc2cc1NC(=O)OC. The molecule has 0 radical (unpaired) electrons. The van der Waals surface area contributed by atoms with E-state index in [4.69, 9.17) is 0 Å². The van der Waals surface area contributed by atoms with Crippen LogP contribution in [-0.2, 0) is 9.47 Å². The fourth-order valence-corrected chi connectivity index (χ4v) is 1.77. The average Bonchev–Trinajstić information content (AvgIpc) is 2.47. The summed E-state index contributed by atoms with van der Waals surface area (Å²) in [7, 11) is 2.54. The summed E-state index contributed by atoms with van der Waals surface area (Å²) < 4.78 is 9.12. The lowest BCUT2D eigenvalue weighted by molar-refractivity contribution is 0.185. The molecule has 104 valence electrons. The van der Waals surface area contributed by atoms with Crippen LogP contribution >= 0.6 is 0 Å². The molecule has 0 unspecified atom stereocenters. The summed E-state index contributed by atoms with van der Waals surface area (Å²) in [6, 6.07) is 11.1. The van der Waals surface area contributed by atoms with Crippen molar-refractivity contribution in [1.29, 1.82) is 0 Å². The fraction of sp³-hybridized carbons (Fsp3) is 0.143. The Morgan fingerprint density at radius 3 is 1.60 bits per heavy atom. The second-order valence-corrected chi connectivity index (χ2v) is 3.98. The molecule has 0 atom stereocenters. The molecule has 0 bridgehead atoms. The zero-order valence-electron chi connectivity index (χ0n) is 11.1.